The summed E-state index contributed by atoms with van der Waals surface area (Å²) in [6.45, 7) is 5.93. The van der Waals surface area contributed by atoms with Gasteiger partial charge in [-0.3, -0.25) is 4.79 Å². The van der Waals surface area contributed by atoms with Crippen LogP contribution in [0, 0.1) is 12.7 Å². The smallest absolute Gasteiger partial charge is 0.187 e. The van der Waals surface area contributed by atoms with Crippen LogP contribution in [0.5, 0.6) is 0 Å². The number of aryl methyl sites for hydroxylation is 1. The van der Waals surface area contributed by atoms with E-state index >= 15 is 0 Å². The molecule has 0 saturated heterocycles. The number of hydrogen-bond acceptors (Lipinski definition) is 2. The maximum atomic E-state index is 13.2. The maximum Gasteiger partial charge on any atom is 0.187 e. The van der Waals surface area contributed by atoms with E-state index in [1.807, 2.05) is 24.3 Å². The van der Waals surface area contributed by atoms with Crippen LogP contribution in [0.25, 0.3) is 0 Å². The first-order valence-corrected chi connectivity index (χ1v) is 7.31. The lowest BCUT2D eigenvalue weighted by atomic mass is 10.0. The van der Waals surface area contributed by atoms with Gasteiger partial charge in [0.25, 0.3) is 0 Å². The van der Waals surface area contributed by atoms with E-state index in [4.69, 9.17) is 0 Å². The lowest BCUT2D eigenvalue weighted by Gasteiger charge is -2.05. The zero-order valence-corrected chi connectivity index (χ0v) is 13.1. The Morgan fingerprint density at radius 1 is 1.14 bits per heavy atom. The Morgan fingerprint density at radius 3 is 2.41 bits per heavy atom. The molecule has 2 nitrogen and oxygen atoms in total. The minimum atomic E-state index is -0.240. The van der Waals surface area contributed by atoms with Crippen molar-refractivity contribution in [1.29, 1.82) is 0 Å². The Hall–Kier alpha value is -2.42. The highest BCUT2D eigenvalue weighted by molar-refractivity contribution is 6.04. The van der Waals surface area contributed by atoms with Crippen molar-refractivity contribution >= 4 is 11.5 Å². The monoisotopic (exact) mass is 297 g/mol. The molecular formula is C19H20FNO. The zero-order chi connectivity index (χ0) is 16.1. The van der Waals surface area contributed by atoms with Gasteiger partial charge in [-0.1, -0.05) is 38.1 Å². The maximum absolute atomic E-state index is 13.2. The van der Waals surface area contributed by atoms with Crippen LogP contribution in [0.2, 0.25) is 0 Å². The van der Waals surface area contributed by atoms with E-state index in [1.54, 1.807) is 25.3 Å². The van der Waals surface area contributed by atoms with Crippen molar-refractivity contribution in [2.45, 2.75) is 26.7 Å². The first-order valence-electron chi connectivity index (χ1n) is 7.31. The van der Waals surface area contributed by atoms with E-state index < -0.39 is 0 Å². The Kier molecular flexibility index (Phi) is 5.10. The number of anilines is 1. The second kappa shape index (κ2) is 7.03. The van der Waals surface area contributed by atoms with Crippen LogP contribution in [0.3, 0.4) is 0 Å². The van der Waals surface area contributed by atoms with Crippen molar-refractivity contribution in [3.63, 3.8) is 0 Å². The van der Waals surface area contributed by atoms with Crippen molar-refractivity contribution in [3.05, 3.63) is 77.2 Å². The number of carbonyl (C=O) groups excluding carboxylic acids is 1. The third-order valence-electron chi connectivity index (χ3n) is 3.50. The van der Waals surface area contributed by atoms with Crippen molar-refractivity contribution in [3.8, 4) is 0 Å². The standard InChI is InChI=1S/C19H20FNO/c1-13(2)15-4-6-16(7-5-15)19(22)10-11-21-17-8-9-18(20)14(3)12-17/h4-13,21H,1-3H3. The van der Waals surface area contributed by atoms with Gasteiger partial charge in [-0.25, -0.2) is 4.39 Å². The summed E-state index contributed by atoms with van der Waals surface area (Å²) in [5, 5.41) is 2.97. The molecule has 3 heteroatoms. The minimum Gasteiger partial charge on any atom is -0.362 e. The summed E-state index contributed by atoms with van der Waals surface area (Å²) in [5.74, 6) is 0.139. The van der Waals surface area contributed by atoms with Gasteiger partial charge in [0, 0.05) is 23.5 Å². The largest absolute Gasteiger partial charge is 0.362 e. The summed E-state index contributed by atoms with van der Waals surface area (Å²) in [4.78, 5) is 12.1. The molecule has 2 aromatic carbocycles. The molecule has 22 heavy (non-hydrogen) atoms. The molecule has 1 N–H and O–H groups in total. The minimum absolute atomic E-state index is 0.0679. The summed E-state index contributed by atoms with van der Waals surface area (Å²) in [5.41, 5.74) is 3.17. The van der Waals surface area contributed by atoms with Crippen molar-refractivity contribution < 1.29 is 9.18 Å². The molecule has 0 saturated carbocycles. The van der Waals surface area contributed by atoms with Crippen molar-refractivity contribution in [2.24, 2.45) is 0 Å². The molecule has 114 valence electrons. The van der Waals surface area contributed by atoms with Crippen LogP contribution in [0.4, 0.5) is 10.1 Å². The summed E-state index contributed by atoms with van der Waals surface area (Å²) in [7, 11) is 0. The quantitative estimate of drug-likeness (QED) is 0.617. The Labute approximate surface area is 130 Å². The number of hydrogen-bond donors (Lipinski definition) is 1. The summed E-state index contributed by atoms with van der Waals surface area (Å²) in [6, 6.07) is 12.4. The average molecular weight is 297 g/mol. The van der Waals surface area contributed by atoms with Crippen LogP contribution in [-0.4, -0.2) is 5.78 Å². The lowest BCUT2D eigenvalue weighted by Crippen LogP contribution is -1.97. The normalized spacial score (nSPS) is 11.1. The van der Waals surface area contributed by atoms with Crippen LogP contribution in [-0.2, 0) is 0 Å². The number of halogens is 1. The van der Waals surface area contributed by atoms with Gasteiger partial charge in [0.15, 0.2) is 5.78 Å². The van der Waals surface area contributed by atoms with Gasteiger partial charge in [0.05, 0.1) is 0 Å². The molecule has 0 amide bonds. The van der Waals surface area contributed by atoms with E-state index in [0.29, 0.717) is 17.0 Å². The van der Waals surface area contributed by atoms with E-state index in [1.165, 1.54) is 17.7 Å². The Balaban J connectivity index is 2.00. The third kappa shape index (κ3) is 4.04. The second-order valence-electron chi connectivity index (χ2n) is 5.58. The molecule has 0 bridgehead atoms. The van der Waals surface area contributed by atoms with Gasteiger partial charge in [-0.2, -0.15) is 0 Å². The van der Waals surface area contributed by atoms with E-state index in [0.717, 1.165) is 5.69 Å². The number of carbonyl (C=O) groups is 1. The van der Waals surface area contributed by atoms with Crippen LogP contribution in [0.15, 0.2) is 54.7 Å². The molecule has 0 aliphatic rings. The first-order chi connectivity index (χ1) is 10.5. The number of rotatable bonds is 5. The first kappa shape index (κ1) is 16.0. The summed E-state index contributed by atoms with van der Waals surface area (Å²) in [6.07, 6.45) is 3.05. The zero-order valence-electron chi connectivity index (χ0n) is 13.1. The second-order valence-corrected chi connectivity index (χ2v) is 5.58. The molecule has 0 unspecified atom stereocenters. The molecule has 2 rings (SSSR count). The topological polar surface area (TPSA) is 29.1 Å². The molecule has 2 aromatic rings. The van der Waals surface area contributed by atoms with E-state index in [-0.39, 0.29) is 11.6 Å². The van der Waals surface area contributed by atoms with Crippen LogP contribution < -0.4 is 5.32 Å². The van der Waals surface area contributed by atoms with Gasteiger partial charge < -0.3 is 5.32 Å². The number of ketones is 1. The highest BCUT2D eigenvalue weighted by Gasteiger charge is 2.03. The fourth-order valence-electron chi connectivity index (χ4n) is 2.08. The third-order valence-corrected chi connectivity index (χ3v) is 3.50. The number of nitrogens with one attached hydrogen (secondary N) is 1. The van der Waals surface area contributed by atoms with Crippen LogP contribution in [0.1, 0.15) is 41.3 Å². The van der Waals surface area contributed by atoms with Gasteiger partial charge in [0.1, 0.15) is 5.82 Å². The summed E-state index contributed by atoms with van der Waals surface area (Å²) < 4.78 is 13.2. The van der Waals surface area contributed by atoms with Gasteiger partial charge in [-0.15, -0.1) is 0 Å². The molecule has 0 radical (unpaired) electrons. The van der Waals surface area contributed by atoms with Gasteiger partial charge in [0.2, 0.25) is 0 Å². The lowest BCUT2D eigenvalue weighted by molar-refractivity contribution is 0.104. The van der Waals surface area contributed by atoms with E-state index in [2.05, 4.69) is 19.2 Å². The van der Waals surface area contributed by atoms with Crippen molar-refractivity contribution in [1.82, 2.24) is 0 Å². The Morgan fingerprint density at radius 2 is 1.82 bits per heavy atom. The molecule has 0 aliphatic carbocycles. The van der Waals surface area contributed by atoms with Gasteiger partial charge in [-0.05, 0) is 42.2 Å². The Bertz CT molecular complexity index is 687. The van der Waals surface area contributed by atoms with Gasteiger partial charge >= 0.3 is 0 Å². The predicted molar refractivity (Wildman–Crippen MR) is 88.8 cm³/mol. The highest BCUT2D eigenvalue weighted by Crippen LogP contribution is 2.16. The summed E-state index contributed by atoms with van der Waals surface area (Å²) >= 11 is 0. The molecular weight excluding hydrogens is 277 g/mol. The average Bonchev–Trinajstić information content (AvgIpc) is 2.51. The molecule has 0 heterocycles. The fourth-order valence-corrected chi connectivity index (χ4v) is 2.08. The number of allylic oxidation sites excluding steroid dienone is 1. The van der Waals surface area contributed by atoms with Crippen molar-refractivity contribution in [2.75, 3.05) is 5.32 Å². The molecule has 0 spiro atoms. The highest BCUT2D eigenvalue weighted by atomic mass is 19.1. The van der Waals surface area contributed by atoms with Crippen LogP contribution >= 0.6 is 0 Å². The molecule has 0 aromatic heterocycles. The molecule has 0 fully saturated rings. The van der Waals surface area contributed by atoms with E-state index in [9.17, 15) is 9.18 Å². The predicted octanol–water partition coefficient (Wildman–Crippen LogP) is 5.07. The molecule has 0 aliphatic heterocycles. The molecule has 0 atom stereocenters. The SMILES string of the molecule is Cc1cc(NC=CC(=O)c2ccc(C(C)C)cc2)ccc1F. The fraction of sp³-hybridized carbons (Fsp3) is 0.211. The number of benzene rings is 2.